The zero-order chi connectivity index (χ0) is 18.4. The Bertz CT molecular complexity index is 770. The third kappa shape index (κ3) is 3.13. The minimum absolute atomic E-state index is 0.0336. The second-order valence-corrected chi connectivity index (χ2v) is 7.47. The highest BCUT2D eigenvalue weighted by molar-refractivity contribution is 6.14. The van der Waals surface area contributed by atoms with Crippen LogP contribution < -0.4 is 15.5 Å². The fraction of sp³-hybridized carbons (Fsp3) is 0.474. The molecule has 0 radical (unpaired) electrons. The zero-order valence-electron chi connectivity index (χ0n) is 15.1. The van der Waals surface area contributed by atoms with Crippen LogP contribution in [0.3, 0.4) is 0 Å². The number of halogens is 1. The molecule has 1 atom stereocenters. The Labute approximate surface area is 147 Å². The molecule has 0 aromatic heterocycles. The highest BCUT2D eigenvalue weighted by Gasteiger charge is 2.36. The number of amides is 3. The number of hydrogen-bond acceptors (Lipinski definition) is 3. The molecule has 5 nitrogen and oxygen atoms in total. The number of benzene rings is 1. The van der Waals surface area contributed by atoms with Crippen LogP contribution in [0.5, 0.6) is 0 Å². The number of carbonyl (C=O) groups is 2. The van der Waals surface area contributed by atoms with E-state index in [-0.39, 0.29) is 17.2 Å². The molecule has 3 rings (SSSR count). The lowest BCUT2D eigenvalue weighted by Gasteiger charge is -2.47. The summed E-state index contributed by atoms with van der Waals surface area (Å²) >= 11 is 0. The van der Waals surface area contributed by atoms with E-state index in [0.29, 0.717) is 5.56 Å². The molecule has 1 unspecified atom stereocenters. The standard InChI is InChI=1S/C19H24FN3O2/c1-5-6-23-16-9-14(20)12(8-15-17(24)22-18(25)21-15)7-13(16)11(2)10-19(23,3)4/h7-9,11H,5-6,10H2,1-4H3,(H2,21,22,24,25)/b15-8-. The summed E-state index contributed by atoms with van der Waals surface area (Å²) in [6.07, 6.45) is 3.35. The van der Waals surface area contributed by atoms with Crippen molar-refractivity contribution >= 4 is 23.7 Å². The first-order valence-corrected chi connectivity index (χ1v) is 8.68. The average molecular weight is 345 g/mol. The lowest BCUT2D eigenvalue weighted by Crippen LogP contribution is -2.48. The summed E-state index contributed by atoms with van der Waals surface area (Å²) in [5.74, 6) is -0.655. The molecular formula is C19H24FN3O2. The van der Waals surface area contributed by atoms with Crippen molar-refractivity contribution < 1.29 is 14.0 Å². The second kappa shape index (κ2) is 6.17. The van der Waals surface area contributed by atoms with Gasteiger partial charge < -0.3 is 10.2 Å². The molecular weight excluding hydrogens is 321 g/mol. The number of hydrogen-bond donors (Lipinski definition) is 2. The van der Waals surface area contributed by atoms with E-state index in [1.807, 2.05) is 0 Å². The largest absolute Gasteiger partial charge is 0.366 e. The number of carbonyl (C=O) groups excluding carboxylic acids is 2. The van der Waals surface area contributed by atoms with Crippen molar-refractivity contribution in [2.24, 2.45) is 0 Å². The van der Waals surface area contributed by atoms with Crippen LogP contribution >= 0.6 is 0 Å². The first kappa shape index (κ1) is 17.5. The first-order valence-electron chi connectivity index (χ1n) is 8.68. The second-order valence-electron chi connectivity index (χ2n) is 7.47. The minimum atomic E-state index is -0.584. The van der Waals surface area contributed by atoms with E-state index in [4.69, 9.17) is 0 Å². The van der Waals surface area contributed by atoms with Crippen LogP contribution in [0.25, 0.3) is 6.08 Å². The van der Waals surface area contributed by atoms with Crippen molar-refractivity contribution in [2.45, 2.75) is 52.0 Å². The predicted octanol–water partition coefficient (Wildman–Crippen LogP) is 3.51. The van der Waals surface area contributed by atoms with Gasteiger partial charge >= 0.3 is 6.03 Å². The third-order valence-corrected chi connectivity index (χ3v) is 4.97. The molecule has 6 heteroatoms. The zero-order valence-corrected chi connectivity index (χ0v) is 15.1. The van der Waals surface area contributed by atoms with Crippen LogP contribution in [-0.2, 0) is 4.79 Å². The highest BCUT2D eigenvalue weighted by atomic mass is 19.1. The van der Waals surface area contributed by atoms with Gasteiger partial charge in [0.2, 0.25) is 0 Å². The molecule has 2 aliphatic heterocycles. The van der Waals surface area contributed by atoms with Gasteiger partial charge in [-0.05, 0) is 56.4 Å². The maximum absolute atomic E-state index is 14.7. The van der Waals surface area contributed by atoms with E-state index in [9.17, 15) is 14.0 Å². The molecule has 25 heavy (non-hydrogen) atoms. The third-order valence-electron chi connectivity index (χ3n) is 4.97. The maximum atomic E-state index is 14.7. The smallest absolute Gasteiger partial charge is 0.326 e. The van der Waals surface area contributed by atoms with E-state index in [2.05, 4.69) is 43.2 Å². The summed E-state index contributed by atoms with van der Waals surface area (Å²) in [5, 5.41) is 4.52. The Morgan fingerprint density at radius 1 is 1.32 bits per heavy atom. The molecule has 1 fully saturated rings. The number of rotatable bonds is 3. The molecule has 2 N–H and O–H groups in total. The lowest BCUT2D eigenvalue weighted by atomic mass is 9.79. The van der Waals surface area contributed by atoms with Crippen LogP contribution in [-0.4, -0.2) is 24.0 Å². The van der Waals surface area contributed by atoms with Gasteiger partial charge in [-0.15, -0.1) is 0 Å². The molecule has 3 amide bonds. The Morgan fingerprint density at radius 2 is 2.04 bits per heavy atom. The summed E-state index contributed by atoms with van der Waals surface area (Å²) in [5.41, 5.74) is 2.34. The Hall–Kier alpha value is -2.37. The molecule has 134 valence electrons. The van der Waals surface area contributed by atoms with Crippen LogP contribution in [0.4, 0.5) is 14.9 Å². The Balaban J connectivity index is 2.07. The molecule has 0 saturated carbocycles. The number of nitrogens with zero attached hydrogens (tertiary/aromatic N) is 1. The molecule has 1 aromatic carbocycles. The fourth-order valence-electron chi connectivity index (χ4n) is 3.92. The van der Waals surface area contributed by atoms with Crippen molar-refractivity contribution in [3.05, 3.63) is 34.8 Å². The first-order chi connectivity index (χ1) is 11.7. The molecule has 2 heterocycles. The molecule has 1 saturated heterocycles. The van der Waals surface area contributed by atoms with Gasteiger partial charge in [0, 0.05) is 23.3 Å². The average Bonchev–Trinajstić information content (AvgIpc) is 2.82. The molecule has 0 aliphatic carbocycles. The van der Waals surface area contributed by atoms with Crippen molar-refractivity contribution in [1.29, 1.82) is 0 Å². The van der Waals surface area contributed by atoms with Crippen molar-refractivity contribution in [3.63, 3.8) is 0 Å². The molecule has 0 bridgehead atoms. The molecule has 0 spiro atoms. The number of urea groups is 1. The summed E-state index contributed by atoms with van der Waals surface area (Å²) in [4.78, 5) is 25.2. The number of imide groups is 1. The van der Waals surface area contributed by atoms with E-state index >= 15 is 0 Å². The van der Waals surface area contributed by atoms with Crippen LogP contribution in [0.2, 0.25) is 0 Å². The van der Waals surface area contributed by atoms with Crippen molar-refractivity contribution in [1.82, 2.24) is 10.6 Å². The van der Waals surface area contributed by atoms with Gasteiger partial charge in [-0.25, -0.2) is 9.18 Å². The van der Waals surface area contributed by atoms with Crippen molar-refractivity contribution in [2.75, 3.05) is 11.4 Å². The van der Waals surface area contributed by atoms with E-state index in [0.717, 1.165) is 30.6 Å². The number of anilines is 1. The van der Waals surface area contributed by atoms with E-state index < -0.39 is 17.8 Å². The van der Waals surface area contributed by atoms with Gasteiger partial charge in [-0.2, -0.15) is 0 Å². The fourth-order valence-corrected chi connectivity index (χ4v) is 3.92. The number of fused-ring (bicyclic) bond motifs is 1. The quantitative estimate of drug-likeness (QED) is 0.651. The monoisotopic (exact) mass is 345 g/mol. The minimum Gasteiger partial charge on any atom is -0.366 e. The Kier molecular flexibility index (Phi) is 4.31. The van der Waals surface area contributed by atoms with Crippen molar-refractivity contribution in [3.8, 4) is 0 Å². The predicted molar refractivity (Wildman–Crippen MR) is 95.8 cm³/mol. The van der Waals surface area contributed by atoms with Gasteiger partial charge in [-0.1, -0.05) is 13.8 Å². The normalized spacial score (nSPS) is 23.5. The molecule has 2 aliphatic rings. The molecule has 1 aromatic rings. The summed E-state index contributed by atoms with van der Waals surface area (Å²) in [6.45, 7) is 9.50. The van der Waals surface area contributed by atoms with E-state index in [1.165, 1.54) is 6.08 Å². The Morgan fingerprint density at radius 3 is 2.64 bits per heavy atom. The lowest BCUT2D eigenvalue weighted by molar-refractivity contribution is -0.115. The van der Waals surface area contributed by atoms with Gasteiger partial charge in [0.25, 0.3) is 5.91 Å². The summed E-state index contributed by atoms with van der Waals surface area (Å²) in [7, 11) is 0. The van der Waals surface area contributed by atoms with E-state index in [1.54, 1.807) is 12.1 Å². The highest BCUT2D eigenvalue weighted by Crippen LogP contribution is 2.44. The SMILES string of the molecule is CCCN1c2cc(F)c(/C=C3\NC(=O)NC3=O)cc2C(C)CC1(C)C. The topological polar surface area (TPSA) is 61.4 Å². The summed E-state index contributed by atoms with van der Waals surface area (Å²) in [6, 6.07) is 2.78. The van der Waals surface area contributed by atoms with Gasteiger partial charge in [-0.3, -0.25) is 10.1 Å². The number of nitrogens with one attached hydrogen (secondary N) is 2. The van der Waals surface area contributed by atoms with Crippen LogP contribution in [0.15, 0.2) is 17.8 Å². The van der Waals surface area contributed by atoms with Crippen LogP contribution in [0.1, 0.15) is 57.6 Å². The van der Waals surface area contributed by atoms with Crippen LogP contribution in [0, 0.1) is 5.82 Å². The maximum Gasteiger partial charge on any atom is 0.326 e. The van der Waals surface area contributed by atoms with Gasteiger partial charge in [0.1, 0.15) is 11.5 Å². The van der Waals surface area contributed by atoms with Gasteiger partial charge in [0.15, 0.2) is 0 Å². The van der Waals surface area contributed by atoms with Gasteiger partial charge in [0.05, 0.1) is 0 Å². The summed E-state index contributed by atoms with van der Waals surface area (Å²) < 4.78 is 14.7.